The highest BCUT2D eigenvalue weighted by atomic mass is 16.6. The van der Waals surface area contributed by atoms with Gasteiger partial charge in [0.2, 0.25) is 0 Å². The van der Waals surface area contributed by atoms with E-state index >= 15 is 0 Å². The van der Waals surface area contributed by atoms with Gasteiger partial charge in [-0.25, -0.2) is 0 Å². The van der Waals surface area contributed by atoms with E-state index in [1.54, 1.807) is 18.6 Å². The number of hydrogen-bond acceptors (Lipinski definition) is 7. The van der Waals surface area contributed by atoms with Gasteiger partial charge in [-0.2, -0.15) is 0 Å². The van der Waals surface area contributed by atoms with Crippen LogP contribution in [0.4, 0.5) is 0 Å². The second kappa shape index (κ2) is 7.08. The Labute approximate surface area is 171 Å². The Balaban J connectivity index is 1.76. The van der Waals surface area contributed by atoms with E-state index in [4.69, 9.17) is 13.9 Å². The summed E-state index contributed by atoms with van der Waals surface area (Å²) in [7, 11) is 0. The summed E-state index contributed by atoms with van der Waals surface area (Å²) in [4.78, 5) is 11.9. The van der Waals surface area contributed by atoms with Crippen LogP contribution in [0.25, 0.3) is 0 Å². The molecule has 0 amide bonds. The van der Waals surface area contributed by atoms with Crippen molar-refractivity contribution in [1.82, 2.24) is 0 Å². The van der Waals surface area contributed by atoms with E-state index in [2.05, 4.69) is 13.8 Å². The van der Waals surface area contributed by atoms with Crippen LogP contribution in [-0.2, 0) is 14.3 Å². The highest BCUT2D eigenvalue weighted by molar-refractivity contribution is 5.66. The van der Waals surface area contributed by atoms with Crippen molar-refractivity contribution in [3.63, 3.8) is 0 Å². The molecule has 8 unspecified atom stereocenters. The van der Waals surface area contributed by atoms with Crippen molar-refractivity contribution in [2.24, 2.45) is 22.7 Å². The number of aliphatic hydroxyl groups is 3. The molecule has 2 aliphatic carbocycles. The Morgan fingerprint density at radius 1 is 1.41 bits per heavy atom. The maximum absolute atomic E-state index is 11.9. The third kappa shape index (κ3) is 2.89. The van der Waals surface area contributed by atoms with Gasteiger partial charge < -0.3 is 29.2 Å². The van der Waals surface area contributed by atoms with Gasteiger partial charge in [0.25, 0.3) is 0 Å². The number of rotatable bonds is 5. The zero-order valence-corrected chi connectivity index (χ0v) is 17.3. The minimum absolute atomic E-state index is 0.0828. The van der Waals surface area contributed by atoms with Crippen LogP contribution < -0.4 is 0 Å². The number of hydrogen-bond donors (Lipinski definition) is 3. The van der Waals surface area contributed by atoms with Crippen LogP contribution in [0, 0.1) is 22.7 Å². The summed E-state index contributed by atoms with van der Waals surface area (Å²) in [6.07, 6.45) is 3.41. The van der Waals surface area contributed by atoms with E-state index < -0.39 is 35.3 Å². The standard InChI is InChI=1S/C22H32O7/c1-13-8-19(29-14(2)24)21(11-23)17(4-5-18(26)22(21)12-28-22)20(13,3)9-16(25)15-6-7-27-10-15/h6-7,10,13,16-19,23,25-26H,4-5,8-9,11-12H2,1-3H3. The molecule has 0 bridgehead atoms. The van der Waals surface area contributed by atoms with Crippen molar-refractivity contribution < 1.29 is 34.0 Å². The number of carbonyl (C=O) groups excluding carboxylic acids is 1. The second-order valence-corrected chi connectivity index (χ2v) is 9.54. The lowest BCUT2D eigenvalue weighted by Crippen LogP contribution is -2.70. The molecule has 3 fully saturated rings. The van der Waals surface area contributed by atoms with E-state index in [1.807, 2.05) is 0 Å². The monoisotopic (exact) mass is 408 g/mol. The molecule has 29 heavy (non-hydrogen) atoms. The number of aliphatic hydroxyl groups excluding tert-OH is 3. The van der Waals surface area contributed by atoms with Gasteiger partial charge in [-0.1, -0.05) is 13.8 Å². The largest absolute Gasteiger partial charge is 0.472 e. The molecule has 1 spiro atoms. The molecule has 7 heteroatoms. The summed E-state index contributed by atoms with van der Waals surface area (Å²) < 4.78 is 16.7. The Hall–Kier alpha value is -1.41. The lowest BCUT2D eigenvalue weighted by Gasteiger charge is -2.63. The fourth-order valence-electron chi connectivity index (χ4n) is 6.56. The summed E-state index contributed by atoms with van der Waals surface area (Å²) in [6.45, 7) is 5.74. The molecule has 7 nitrogen and oxygen atoms in total. The maximum atomic E-state index is 11.9. The van der Waals surface area contributed by atoms with Crippen molar-refractivity contribution in [3.05, 3.63) is 24.2 Å². The van der Waals surface area contributed by atoms with Gasteiger partial charge in [0, 0.05) is 12.5 Å². The number of fused-ring (bicyclic) bond motifs is 2. The molecule has 1 aromatic heterocycles. The van der Waals surface area contributed by atoms with E-state index in [0.717, 1.165) is 5.56 Å². The normalized spacial score (nSPS) is 44.9. The molecule has 3 N–H and O–H groups in total. The van der Waals surface area contributed by atoms with E-state index in [0.29, 0.717) is 32.3 Å². The quantitative estimate of drug-likeness (QED) is 0.506. The van der Waals surface area contributed by atoms with E-state index in [1.165, 1.54) is 6.92 Å². The first-order chi connectivity index (χ1) is 13.7. The molecule has 1 aromatic rings. The smallest absolute Gasteiger partial charge is 0.302 e. The average Bonchev–Trinajstić information content (AvgIpc) is 3.26. The summed E-state index contributed by atoms with van der Waals surface area (Å²) in [6, 6.07) is 1.76. The zero-order chi connectivity index (χ0) is 21.0. The van der Waals surface area contributed by atoms with Gasteiger partial charge in [0.15, 0.2) is 0 Å². The van der Waals surface area contributed by atoms with Gasteiger partial charge in [-0.05, 0) is 49.0 Å². The SMILES string of the molecule is CC(=O)OC1CC(C)C(C)(CC(O)c2ccoc2)C2CCC(O)C3(CO3)C12CO. The fourth-order valence-corrected chi connectivity index (χ4v) is 6.56. The van der Waals surface area contributed by atoms with Crippen LogP contribution in [0.3, 0.4) is 0 Å². The van der Waals surface area contributed by atoms with Crippen LogP contribution in [0.5, 0.6) is 0 Å². The summed E-state index contributed by atoms with van der Waals surface area (Å²) in [5.41, 5.74) is -1.42. The number of carbonyl (C=O) groups is 1. The van der Waals surface area contributed by atoms with Crippen LogP contribution in [-0.4, -0.2) is 52.3 Å². The minimum atomic E-state index is -0.896. The van der Waals surface area contributed by atoms with E-state index in [-0.39, 0.29) is 23.9 Å². The maximum Gasteiger partial charge on any atom is 0.302 e. The molecule has 1 saturated heterocycles. The van der Waals surface area contributed by atoms with Crippen LogP contribution >= 0.6 is 0 Å². The average molecular weight is 408 g/mol. The van der Waals surface area contributed by atoms with Crippen molar-refractivity contribution in [1.29, 1.82) is 0 Å². The molecule has 4 rings (SSSR count). The van der Waals surface area contributed by atoms with Gasteiger partial charge >= 0.3 is 5.97 Å². The Bertz CT molecular complexity index is 742. The number of epoxide rings is 1. The van der Waals surface area contributed by atoms with Crippen LogP contribution in [0.15, 0.2) is 23.0 Å². The van der Waals surface area contributed by atoms with Crippen molar-refractivity contribution in [2.45, 2.75) is 70.4 Å². The van der Waals surface area contributed by atoms with Gasteiger partial charge in [0.05, 0.1) is 43.4 Å². The lowest BCUT2D eigenvalue weighted by molar-refractivity contribution is -0.245. The summed E-state index contributed by atoms with van der Waals surface area (Å²) >= 11 is 0. The minimum Gasteiger partial charge on any atom is -0.472 e. The molecular weight excluding hydrogens is 376 g/mol. The topological polar surface area (TPSA) is 113 Å². The number of esters is 1. The van der Waals surface area contributed by atoms with Crippen LogP contribution in [0.2, 0.25) is 0 Å². The number of ether oxygens (including phenoxy) is 2. The number of furan rings is 1. The van der Waals surface area contributed by atoms with Crippen molar-refractivity contribution in [2.75, 3.05) is 13.2 Å². The fraction of sp³-hybridized carbons (Fsp3) is 0.773. The zero-order valence-electron chi connectivity index (χ0n) is 17.3. The molecule has 162 valence electrons. The molecule has 2 heterocycles. The molecule has 0 aromatic carbocycles. The first-order valence-electron chi connectivity index (χ1n) is 10.5. The molecule has 2 saturated carbocycles. The third-order valence-corrected chi connectivity index (χ3v) is 8.33. The molecular formula is C22H32O7. The van der Waals surface area contributed by atoms with Gasteiger partial charge in [-0.3, -0.25) is 4.79 Å². The predicted octanol–water partition coefficient (Wildman–Crippen LogP) is 2.20. The van der Waals surface area contributed by atoms with E-state index in [9.17, 15) is 20.1 Å². The summed E-state index contributed by atoms with van der Waals surface area (Å²) in [5, 5.41) is 32.5. The third-order valence-electron chi connectivity index (χ3n) is 8.33. The first kappa shape index (κ1) is 20.8. The molecule has 3 aliphatic rings. The Kier molecular flexibility index (Phi) is 5.09. The Morgan fingerprint density at radius 3 is 2.69 bits per heavy atom. The lowest BCUT2D eigenvalue weighted by atomic mass is 9.42. The molecule has 0 radical (unpaired) electrons. The first-order valence-corrected chi connectivity index (χ1v) is 10.5. The van der Waals surface area contributed by atoms with Crippen molar-refractivity contribution in [3.8, 4) is 0 Å². The predicted molar refractivity (Wildman–Crippen MR) is 103 cm³/mol. The highest BCUT2D eigenvalue weighted by Gasteiger charge is 2.77. The van der Waals surface area contributed by atoms with Crippen molar-refractivity contribution >= 4 is 5.97 Å². The Morgan fingerprint density at radius 2 is 2.14 bits per heavy atom. The molecule has 1 aliphatic heterocycles. The second-order valence-electron chi connectivity index (χ2n) is 9.54. The van der Waals surface area contributed by atoms with Gasteiger partial charge in [0.1, 0.15) is 11.7 Å². The van der Waals surface area contributed by atoms with Crippen LogP contribution in [0.1, 0.15) is 58.1 Å². The van der Waals surface area contributed by atoms with Gasteiger partial charge in [-0.15, -0.1) is 0 Å². The molecule has 8 atom stereocenters. The summed E-state index contributed by atoms with van der Waals surface area (Å²) in [5.74, 6) is -0.351. The highest BCUT2D eigenvalue weighted by Crippen LogP contribution is 2.69.